The van der Waals surface area contributed by atoms with Crippen LogP contribution in [0.4, 0.5) is 0 Å². The van der Waals surface area contributed by atoms with Gasteiger partial charge in [0.15, 0.2) is 0 Å². The molecule has 0 saturated carbocycles. The molecule has 0 atom stereocenters. The number of benzene rings is 1. The molecule has 3 aromatic rings. The van der Waals surface area contributed by atoms with Crippen molar-refractivity contribution in [2.75, 3.05) is 0 Å². The molecule has 0 unspecified atom stereocenters. The average molecular weight is 284 g/mol. The second-order valence-electron chi connectivity index (χ2n) is 5.57. The predicted octanol–water partition coefficient (Wildman–Crippen LogP) is 2.88. The van der Waals surface area contributed by atoms with E-state index in [4.69, 9.17) is 4.42 Å². The first kappa shape index (κ1) is 13.8. The van der Waals surface area contributed by atoms with Crippen LogP contribution in [0.25, 0.3) is 11.0 Å². The number of aryl methyl sites for hydroxylation is 1. The molecule has 2 aromatic heterocycles. The van der Waals surface area contributed by atoms with Crippen LogP contribution in [0, 0.1) is 6.92 Å². The van der Waals surface area contributed by atoms with Gasteiger partial charge in [-0.15, -0.1) is 5.10 Å². The molecule has 0 spiro atoms. The van der Waals surface area contributed by atoms with Gasteiger partial charge in [-0.25, -0.2) is 4.68 Å². The van der Waals surface area contributed by atoms with E-state index in [1.165, 1.54) is 0 Å². The highest BCUT2D eigenvalue weighted by Crippen LogP contribution is 2.18. The lowest BCUT2D eigenvalue weighted by Gasteiger charge is -2.04. The van der Waals surface area contributed by atoms with Crippen LogP contribution in [0.2, 0.25) is 0 Å². The Balaban J connectivity index is 1.81. The van der Waals surface area contributed by atoms with Crippen LogP contribution in [-0.4, -0.2) is 21.0 Å². The van der Waals surface area contributed by atoms with Crippen molar-refractivity contribution in [2.24, 2.45) is 0 Å². The topological polar surface area (TPSA) is 55.9 Å². The zero-order valence-corrected chi connectivity index (χ0v) is 12.6. The van der Waals surface area contributed by atoms with Gasteiger partial charge in [0.1, 0.15) is 17.0 Å². The van der Waals surface area contributed by atoms with Gasteiger partial charge in [0.25, 0.3) is 0 Å². The fourth-order valence-corrected chi connectivity index (χ4v) is 2.33. The first-order valence-electron chi connectivity index (χ1n) is 7.23. The molecule has 2 heterocycles. The minimum absolute atomic E-state index is 0.443. The highest BCUT2D eigenvalue weighted by atomic mass is 16.3. The number of hydrogen-bond donors (Lipinski definition) is 1. The van der Waals surface area contributed by atoms with E-state index in [1.807, 2.05) is 35.9 Å². The molecule has 3 rings (SSSR count). The third-order valence-electron chi connectivity index (χ3n) is 3.50. The fraction of sp³-hybridized carbons (Fsp3) is 0.375. The first-order chi connectivity index (χ1) is 10.1. The van der Waals surface area contributed by atoms with Crippen LogP contribution in [-0.2, 0) is 13.1 Å². The van der Waals surface area contributed by atoms with E-state index in [2.05, 4.69) is 35.5 Å². The van der Waals surface area contributed by atoms with Gasteiger partial charge in [-0.05, 0) is 25.1 Å². The summed E-state index contributed by atoms with van der Waals surface area (Å²) >= 11 is 0. The zero-order valence-electron chi connectivity index (χ0n) is 12.6. The molecule has 21 heavy (non-hydrogen) atoms. The Bertz CT molecular complexity index is 742. The Labute approximate surface area is 123 Å². The number of rotatable bonds is 5. The predicted molar refractivity (Wildman–Crippen MR) is 82.1 cm³/mol. The summed E-state index contributed by atoms with van der Waals surface area (Å²) < 4.78 is 7.71. The van der Waals surface area contributed by atoms with Crippen LogP contribution >= 0.6 is 0 Å². The van der Waals surface area contributed by atoms with Crippen molar-refractivity contribution in [3.63, 3.8) is 0 Å². The summed E-state index contributed by atoms with van der Waals surface area (Å²) in [4.78, 5) is 0. The number of nitrogens with one attached hydrogen (secondary N) is 1. The summed E-state index contributed by atoms with van der Waals surface area (Å²) in [5, 5.41) is 11.8. The molecule has 0 amide bonds. The normalized spacial score (nSPS) is 11.6. The molecule has 1 aromatic carbocycles. The molecular weight excluding hydrogens is 264 g/mol. The second-order valence-corrected chi connectivity index (χ2v) is 5.57. The van der Waals surface area contributed by atoms with Crippen LogP contribution in [0.5, 0.6) is 0 Å². The van der Waals surface area contributed by atoms with Gasteiger partial charge in [-0.3, -0.25) is 0 Å². The Kier molecular flexibility index (Phi) is 3.75. The molecule has 1 N–H and O–H groups in total. The number of aromatic nitrogens is 3. The second kappa shape index (κ2) is 5.69. The lowest BCUT2D eigenvalue weighted by molar-refractivity contribution is 0.445. The zero-order chi connectivity index (χ0) is 14.8. The summed E-state index contributed by atoms with van der Waals surface area (Å²) in [5.41, 5.74) is 3.10. The van der Waals surface area contributed by atoms with E-state index in [0.29, 0.717) is 12.6 Å². The van der Waals surface area contributed by atoms with Crippen LogP contribution in [0.15, 0.2) is 34.7 Å². The highest BCUT2D eigenvalue weighted by molar-refractivity contribution is 5.73. The largest absolute Gasteiger partial charge is 0.465 e. The number of fused-ring (bicyclic) bond motifs is 1. The third-order valence-corrected chi connectivity index (χ3v) is 3.50. The highest BCUT2D eigenvalue weighted by Gasteiger charge is 2.11. The molecule has 110 valence electrons. The van der Waals surface area contributed by atoms with Gasteiger partial charge in [-0.1, -0.05) is 31.2 Å². The molecule has 0 bridgehead atoms. The first-order valence-corrected chi connectivity index (χ1v) is 7.23. The fourth-order valence-electron chi connectivity index (χ4n) is 2.33. The molecular formula is C16H20N4O. The molecule has 0 saturated heterocycles. The van der Waals surface area contributed by atoms with Crippen molar-refractivity contribution in [3.8, 4) is 0 Å². The van der Waals surface area contributed by atoms with Crippen LogP contribution < -0.4 is 5.32 Å². The van der Waals surface area contributed by atoms with Crippen LogP contribution in [0.1, 0.15) is 30.9 Å². The molecule has 0 radical (unpaired) electrons. The van der Waals surface area contributed by atoms with E-state index in [-0.39, 0.29) is 0 Å². The minimum Gasteiger partial charge on any atom is -0.465 e. The van der Waals surface area contributed by atoms with E-state index >= 15 is 0 Å². The Morgan fingerprint density at radius 2 is 2.10 bits per heavy atom. The maximum Gasteiger partial charge on any atom is 0.118 e. The van der Waals surface area contributed by atoms with Gasteiger partial charge in [0.2, 0.25) is 0 Å². The molecule has 0 aliphatic rings. The quantitative estimate of drug-likeness (QED) is 0.782. The maximum absolute atomic E-state index is 5.80. The van der Waals surface area contributed by atoms with E-state index in [0.717, 1.165) is 34.7 Å². The summed E-state index contributed by atoms with van der Waals surface area (Å²) in [6.45, 7) is 7.66. The number of hydrogen-bond acceptors (Lipinski definition) is 4. The lowest BCUT2D eigenvalue weighted by Crippen LogP contribution is -2.21. The summed E-state index contributed by atoms with van der Waals surface area (Å²) in [7, 11) is 0. The van der Waals surface area contributed by atoms with Gasteiger partial charge < -0.3 is 9.73 Å². The van der Waals surface area contributed by atoms with Gasteiger partial charge in [-0.2, -0.15) is 0 Å². The van der Waals surface area contributed by atoms with Gasteiger partial charge in [0.05, 0.1) is 18.6 Å². The molecule has 5 heteroatoms. The Hall–Kier alpha value is -2.14. The SMILES string of the molecule is Cc1oc(CNC(C)C)cc1Cn1nnc2ccccc21. The third kappa shape index (κ3) is 2.97. The van der Waals surface area contributed by atoms with Crippen molar-refractivity contribution >= 4 is 11.0 Å². The summed E-state index contributed by atoms with van der Waals surface area (Å²) in [5.74, 6) is 1.90. The number of nitrogens with zero attached hydrogens (tertiary/aromatic N) is 3. The standard InChI is InChI=1S/C16H20N4O/c1-11(2)17-9-14-8-13(12(3)21-14)10-20-16-7-5-4-6-15(16)18-19-20/h4-8,11,17H,9-10H2,1-3H3. The monoisotopic (exact) mass is 284 g/mol. The van der Waals surface area contributed by atoms with Crippen molar-refractivity contribution < 1.29 is 4.42 Å². The summed E-state index contributed by atoms with van der Waals surface area (Å²) in [6, 6.07) is 10.5. The Morgan fingerprint density at radius 3 is 2.90 bits per heavy atom. The minimum atomic E-state index is 0.443. The molecule has 0 aliphatic heterocycles. The Morgan fingerprint density at radius 1 is 1.29 bits per heavy atom. The molecule has 0 fully saturated rings. The number of para-hydroxylation sites is 1. The van der Waals surface area contributed by atoms with Crippen molar-refractivity contribution in [3.05, 3.63) is 47.4 Å². The van der Waals surface area contributed by atoms with Crippen molar-refractivity contribution in [1.82, 2.24) is 20.3 Å². The van der Waals surface area contributed by atoms with Gasteiger partial charge >= 0.3 is 0 Å². The molecule has 5 nitrogen and oxygen atoms in total. The van der Waals surface area contributed by atoms with E-state index < -0.39 is 0 Å². The number of furan rings is 1. The average Bonchev–Trinajstić information content (AvgIpc) is 3.02. The van der Waals surface area contributed by atoms with Gasteiger partial charge in [0, 0.05) is 11.6 Å². The smallest absolute Gasteiger partial charge is 0.118 e. The lowest BCUT2D eigenvalue weighted by atomic mass is 10.2. The van der Waals surface area contributed by atoms with Crippen LogP contribution in [0.3, 0.4) is 0 Å². The van der Waals surface area contributed by atoms with Crippen molar-refractivity contribution in [2.45, 2.75) is 39.9 Å². The summed E-state index contributed by atoms with van der Waals surface area (Å²) in [6.07, 6.45) is 0. The maximum atomic E-state index is 5.80. The van der Waals surface area contributed by atoms with E-state index in [1.54, 1.807) is 0 Å². The van der Waals surface area contributed by atoms with Crippen molar-refractivity contribution in [1.29, 1.82) is 0 Å². The molecule has 0 aliphatic carbocycles. The van der Waals surface area contributed by atoms with E-state index in [9.17, 15) is 0 Å².